The van der Waals surface area contributed by atoms with Crippen LogP contribution in [0.3, 0.4) is 0 Å². The average Bonchev–Trinajstić information content (AvgIpc) is 2.51. The zero-order valence-electron chi connectivity index (χ0n) is 13.4. The second-order valence-corrected chi connectivity index (χ2v) is 5.48. The van der Waals surface area contributed by atoms with Gasteiger partial charge in [0.2, 0.25) is 5.91 Å². The highest BCUT2D eigenvalue weighted by molar-refractivity contribution is 5.92. The molecule has 0 radical (unpaired) electrons. The van der Waals surface area contributed by atoms with E-state index in [2.05, 4.69) is 10.3 Å². The van der Waals surface area contributed by atoms with Crippen molar-refractivity contribution in [3.63, 3.8) is 0 Å². The van der Waals surface area contributed by atoms with E-state index < -0.39 is 6.03 Å². The van der Waals surface area contributed by atoms with Crippen molar-refractivity contribution < 1.29 is 14.4 Å². The van der Waals surface area contributed by atoms with Gasteiger partial charge in [-0.2, -0.15) is 0 Å². The number of nitrogens with one attached hydrogen (secondary N) is 1. The van der Waals surface area contributed by atoms with E-state index >= 15 is 0 Å². The number of fused-ring (bicyclic) bond motifs is 1. The lowest BCUT2D eigenvalue weighted by molar-refractivity contribution is -0.118. The maximum absolute atomic E-state index is 11.7. The van der Waals surface area contributed by atoms with Crippen LogP contribution in [0.5, 0.6) is 0 Å². The van der Waals surface area contributed by atoms with Crippen molar-refractivity contribution in [2.24, 2.45) is 0 Å². The Hall–Kier alpha value is -2.76. The molecule has 0 aliphatic heterocycles. The van der Waals surface area contributed by atoms with Gasteiger partial charge in [0.15, 0.2) is 6.29 Å². The highest BCUT2D eigenvalue weighted by Gasteiger charge is 2.11. The Kier molecular flexibility index (Phi) is 5.05. The number of carbonyl (C=O) groups is 3. The van der Waals surface area contributed by atoms with Gasteiger partial charge in [-0.3, -0.25) is 14.9 Å². The number of carbonyl (C=O) groups excluding carboxylic acids is 3. The van der Waals surface area contributed by atoms with Gasteiger partial charge < -0.3 is 4.90 Å². The predicted molar refractivity (Wildman–Crippen MR) is 87.4 cm³/mol. The van der Waals surface area contributed by atoms with Crippen LogP contribution in [-0.4, -0.2) is 41.7 Å². The fourth-order valence-electron chi connectivity index (χ4n) is 2.31. The molecule has 0 spiro atoms. The SMILES string of the molecule is CC(=O)NC(=O)N(C)CCc1cc2ccc(C=O)nc2cc1C. The topological polar surface area (TPSA) is 79.4 Å². The van der Waals surface area contributed by atoms with Gasteiger partial charge in [-0.15, -0.1) is 0 Å². The van der Waals surface area contributed by atoms with Crippen molar-refractivity contribution in [2.45, 2.75) is 20.3 Å². The van der Waals surface area contributed by atoms with E-state index in [0.29, 0.717) is 18.7 Å². The molecule has 2 rings (SSSR count). The van der Waals surface area contributed by atoms with Crippen LogP contribution in [0.1, 0.15) is 28.5 Å². The number of pyridine rings is 1. The van der Waals surface area contributed by atoms with Crippen LogP contribution in [-0.2, 0) is 11.2 Å². The van der Waals surface area contributed by atoms with Gasteiger partial charge in [-0.1, -0.05) is 6.07 Å². The van der Waals surface area contributed by atoms with Crippen molar-refractivity contribution in [3.8, 4) is 0 Å². The molecule has 0 bridgehead atoms. The van der Waals surface area contributed by atoms with E-state index in [1.807, 2.05) is 25.1 Å². The minimum absolute atomic E-state index is 0.374. The Balaban J connectivity index is 2.14. The second kappa shape index (κ2) is 7.00. The Morgan fingerprint density at radius 2 is 2.04 bits per heavy atom. The normalized spacial score (nSPS) is 10.4. The van der Waals surface area contributed by atoms with Crippen LogP contribution in [0.25, 0.3) is 10.9 Å². The third-order valence-corrected chi connectivity index (χ3v) is 3.64. The number of hydrogen-bond acceptors (Lipinski definition) is 4. The predicted octanol–water partition coefficient (Wildman–Crippen LogP) is 2.09. The van der Waals surface area contributed by atoms with E-state index in [9.17, 15) is 14.4 Å². The van der Waals surface area contributed by atoms with Gasteiger partial charge in [-0.25, -0.2) is 9.78 Å². The summed E-state index contributed by atoms with van der Waals surface area (Å²) in [5.41, 5.74) is 3.33. The first kappa shape index (κ1) is 16.6. The molecule has 120 valence electrons. The molecule has 23 heavy (non-hydrogen) atoms. The summed E-state index contributed by atoms with van der Waals surface area (Å²) in [5, 5.41) is 3.19. The number of amides is 3. The molecular weight excluding hydrogens is 294 g/mol. The molecule has 6 heteroatoms. The summed E-state index contributed by atoms with van der Waals surface area (Å²) in [6.07, 6.45) is 1.39. The lowest BCUT2D eigenvalue weighted by atomic mass is 10.0. The molecule has 1 aromatic heterocycles. The number of urea groups is 1. The van der Waals surface area contributed by atoms with E-state index in [4.69, 9.17) is 0 Å². The molecular formula is C17H19N3O3. The third-order valence-electron chi connectivity index (χ3n) is 3.64. The lowest BCUT2D eigenvalue weighted by Gasteiger charge is -2.17. The van der Waals surface area contributed by atoms with Crippen molar-refractivity contribution in [1.82, 2.24) is 15.2 Å². The van der Waals surface area contributed by atoms with Gasteiger partial charge in [0.25, 0.3) is 0 Å². The molecule has 0 atom stereocenters. The minimum atomic E-state index is -0.409. The van der Waals surface area contributed by atoms with Crippen LogP contribution in [0.15, 0.2) is 24.3 Å². The number of rotatable bonds is 4. The molecule has 2 aromatic rings. The average molecular weight is 313 g/mol. The number of likely N-dealkylation sites (N-methyl/N-ethyl adjacent to an activating group) is 1. The quantitative estimate of drug-likeness (QED) is 0.877. The summed E-state index contributed by atoms with van der Waals surface area (Å²) in [7, 11) is 1.65. The first-order valence-electron chi connectivity index (χ1n) is 7.29. The molecule has 0 saturated heterocycles. The molecule has 0 aliphatic carbocycles. The maximum atomic E-state index is 11.7. The van der Waals surface area contributed by atoms with Crippen LogP contribution in [0.2, 0.25) is 0 Å². The zero-order valence-corrected chi connectivity index (χ0v) is 13.4. The minimum Gasteiger partial charge on any atom is -0.327 e. The first-order chi connectivity index (χ1) is 10.9. The summed E-state index contributed by atoms with van der Waals surface area (Å²) in [6.45, 7) is 3.77. The molecule has 0 aliphatic rings. The summed E-state index contributed by atoms with van der Waals surface area (Å²) >= 11 is 0. The number of hydrogen-bond donors (Lipinski definition) is 1. The molecule has 0 unspecified atom stereocenters. The van der Waals surface area contributed by atoms with E-state index in [1.165, 1.54) is 11.8 Å². The number of nitrogens with zero attached hydrogens (tertiary/aromatic N) is 2. The standard InChI is InChI=1S/C17H19N3O3/c1-11-8-16-14(4-5-15(10-21)19-16)9-13(11)6-7-20(3)17(23)18-12(2)22/h4-5,8-10H,6-7H2,1-3H3,(H,18,22,23). The number of benzene rings is 1. The van der Waals surface area contributed by atoms with Gasteiger partial charge in [0.05, 0.1) is 5.52 Å². The van der Waals surface area contributed by atoms with Crippen molar-refractivity contribution in [1.29, 1.82) is 0 Å². The lowest BCUT2D eigenvalue weighted by Crippen LogP contribution is -2.40. The van der Waals surface area contributed by atoms with Gasteiger partial charge in [0.1, 0.15) is 5.69 Å². The Morgan fingerprint density at radius 3 is 2.70 bits per heavy atom. The number of aldehydes is 1. The summed E-state index contributed by atoms with van der Waals surface area (Å²) in [5.74, 6) is -0.374. The highest BCUT2D eigenvalue weighted by atomic mass is 16.2. The number of aryl methyl sites for hydroxylation is 1. The number of aromatic nitrogens is 1. The monoisotopic (exact) mass is 313 g/mol. The second-order valence-electron chi connectivity index (χ2n) is 5.48. The van der Waals surface area contributed by atoms with Crippen LogP contribution >= 0.6 is 0 Å². The summed E-state index contributed by atoms with van der Waals surface area (Å²) in [6, 6.07) is 7.09. The van der Waals surface area contributed by atoms with Crippen LogP contribution in [0.4, 0.5) is 4.79 Å². The van der Waals surface area contributed by atoms with Crippen LogP contribution < -0.4 is 5.32 Å². The van der Waals surface area contributed by atoms with Crippen molar-refractivity contribution >= 4 is 29.1 Å². The summed E-state index contributed by atoms with van der Waals surface area (Å²) in [4.78, 5) is 39.1. The Morgan fingerprint density at radius 1 is 1.30 bits per heavy atom. The molecule has 0 fully saturated rings. The number of imide groups is 1. The maximum Gasteiger partial charge on any atom is 0.323 e. The molecule has 3 amide bonds. The van der Waals surface area contributed by atoms with Crippen molar-refractivity contribution in [2.75, 3.05) is 13.6 Å². The van der Waals surface area contributed by atoms with Crippen molar-refractivity contribution in [3.05, 3.63) is 41.1 Å². The fraction of sp³-hybridized carbons (Fsp3) is 0.294. The summed E-state index contributed by atoms with van der Waals surface area (Å²) < 4.78 is 0. The Labute approximate surface area is 134 Å². The van der Waals surface area contributed by atoms with Crippen LogP contribution in [0, 0.1) is 6.92 Å². The van der Waals surface area contributed by atoms with E-state index in [1.54, 1.807) is 13.1 Å². The van der Waals surface area contributed by atoms with Gasteiger partial charge in [-0.05, 0) is 42.7 Å². The smallest absolute Gasteiger partial charge is 0.323 e. The largest absolute Gasteiger partial charge is 0.327 e. The zero-order chi connectivity index (χ0) is 17.0. The Bertz CT molecular complexity index is 771. The van der Waals surface area contributed by atoms with E-state index in [-0.39, 0.29) is 5.91 Å². The fourth-order valence-corrected chi connectivity index (χ4v) is 2.31. The van der Waals surface area contributed by atoms with Gasteiger partial charge in [0, 0.05) is 25.9 Å². The molecule has 1 heterocycles. The molecule has 1 aromatic carbocycles. The van der Waals surface area contributed by atoms with E-state index in [0.717, 1.165) is 28.3 Å². The van der Waals surface area contributed by atoms with Gasteiger partial charge >= 0.3 is 6.03 Å². The highest BCUT2D eigenvalue weighted by Crippen LogP contribution is 2.19. The third kappa shape index (κ3) is 4.12. The molecule has 6 nitrogen and oxygen atoms in total. The molecule has 0 saturated carbocycles. The molecule has 1 N–H and O–H groups in total. The first-order valence-corrected chi connectivity index (χ1v) is 7.29.